The van der Waals surface area contributed by atoms with Crippen LogP contribution in [0.25, 0.3) is 0 Å². The molecule has 1 atom stereocenters. The van der Waals surface area contributed by atoms with E-state index >= 15 is 0 Å². The highest BCUT2D eigenvalue weighted by Gasteiger charge is 2.16. The zero-order valence-corrected chi connectivity index (χ0v) is 8.44. The van der Waals surface area contributed by atoms with Gasteiger partial charge in [0.2, 0.25) is 0 Å². The second kappa shape index (κ2) is 5.35. The summed E-state index contributed by atoms with van der Waals surface area (Å²) in [7, 11) is 10.7. The second-order valence-electron chi connectivity index (χ2n) is 3.43. The van der Waals surface area contributed by atoms with Gasteiger partial charge in [-0.2, -0.15) is 0 Å². The van der Waals surface area contributed by atoms with Crippen LogP contribution < -0.4 is 0 Å². The third-order valence-electron chi connectivity index (χ3n) is 2.12. The summed E-state index contributed by atoms with van der Waals surface area (Å²) in [6.45, 7) is 1.33. The zero-order chi connectivity index (χ0) is 10.6. The molecule has 1 rings (SSSR count). The highest BCUT2D eigenvalue weighted by atomic mass is 16.4. The normalized spacial score (nSPS) is 12.7. The van der Waals surface area contributed by atoms with E-state index in [-0.39, 0.29) is 0 Å². The molecule has 0 saturated carbocycles. The standard InChI is InChI=1S/C9H13B3O2/c1-2-3-4-7-5-6-8(14-7)9(13)12(10)11/h5-6,9,13H,2-4H2,1H3/t9-/m1/s1. The summed E-state index contributed by atoms with van der Waals surface area (Å²) in [5.74, 6) is 1.33. The van der Waals surface area contributed by atoms with Crippen LogP contribution in [0.5, 0.6) is 0 Å². The van der Waals surface area contributed by atoms with Crippen molar-refractivity contribution in [2.24, 2.45) is 0 Å². The quantitative estimate of drug-likeness (QED) is 0.695. The van der Waals surface area contributed by atoms with Gasteiger partial charge in [0.25, 0.3) is 0 Å². The van der Waals surface area contributed by atoms with Crippen molar-refractivity contribution in [1.82, 2.24) is 0 Å². The molecule has 0 saturated heterocycles. The maximum absolute atomic E-state index is 9.49. The molecule has 1 aromatic rings. The molecule has 2 nitrogen and oxygen atoms in total. The molecule has 0 aliphatic rings. The molecule has 0 aliphatic carbocycles. The summed E-state index contributed by atoms with van der Waals surface area (Å²) in [4.78, 5) is 0. The Labute approximate surface area is 87.9 Å². The molecule has 0 amide bonds. The Bertz CT molecular complexity index is 273. The smallest absolute Gasteiger partial charge is 0.122 e. The van der Waals surface area contributed by atoms with Crippen molar-refractivity contribution >= 4 is 22.0 Å². The van der Waals surface area contributed by atoms with Crippen LogP contribution in [0.15, 0.2) is 16.5 Å². The van der Waals surface area contributed by atoms with Gasteiger partial charge >= 0.3 is 0 Å². The summed E-state index contributed by atoms with van der Waals surface area (Å²) in [5, 5.41) is 9.49. The highest BCUT2D eigenvalue weighted by Crippen LogP contribution is 2.18. The van der Waals surface area contributed by atoms with Gasteiger partial charge < -0.3 is 9.52 Å². The van der Waals surface area contributed by atoms with Crippen molar-refractivity contribution < 1.29 is 9.52 Å². The first-order chi connectivity index (χ1) is 6.65. The minimum absolute atomic E-state index is 0.450. The maximum atomic E-state index is 9.49. The van der Waals surface area contributed by atoms with Gasteiger partial charge in [-0.05, 0) is 18.6 Å². The monoisotopic (exact) mass is 186 g/mol. The summed E-state index contributed by atoms with van der Waals surface area (Å²) in [5.41, 5.74) is 0. The van der Waals surface area contributed by atoms with Crippen molar-refractivity contribution in [3.8, 4) is 0 Å². The Hall–Kier alpha value is -0.565. The molecule has 14 heavy (non-hydrogen) atoms. The Morgan fingerprint density at radius 3 is 2.79 bits per heavy atom. The van der Waals surface area contributed by atoms with Crippen LogP contribution in [0.3, 0.4) is 0 Å². The summed E-state index contributed by atoms with van der Waals surface area (Å²) in [6.07, 6.45) is 3.09. The topological polar surface area (TPSA) is 33.4 Å². The molecule has 1 N–H and O–H groups in total. The lowest BCUT2D eigenvalue weighted by atomic mass is 9.16. The van der Waals surface area contributed by atoms with Crippen LogP contribution in [-0.2, 0) is 6.42 Å². The predicted octanol–water partition coefficient (Wildman–Crippen LogP) is 1.02. The Morgan fingerprint density at radius 2 is 2.21 bits per heavy atom. The van der Waals surface area contributed by atoms with Crippen LogP contribution in [0, 0.1) is 0 Å². The molecule has 0 spiro atoms. The molecular formula is C9H13B3O2. The molecule has 70 valence electrons. The molecule has 0 aliphatic heterocycles. The molecule has 4 radical (unpaired) electrons. The fourth-order valence-electron chi connectivity index (χ4n) is 1.23. The van der Waals surface area contributed by atoms with E-state index in [9.17, 15) is 5.11 Å². The van der Waals surface area contributed by atoms with Gasteiger partial charge in [-0.1, -0.05) is 13.3 Å². The van der Waals surface area contributed by atoms with Gasteiger partial charge in [-0.25, -0.2) is 0 Å². The lowest BCUT2D eigenvalue weighted by molar-refractivity contribution is 0.222. The van der Waals surface area contributed by atoms with Crippen LogP contribution in [0.1, 0.15) is 37.3 Å². The zero-order valence-electron chi connectivity index (χ0n) is 8.44. The average molecular weight is 186 g/mol. The number of aliphatic hydroxyl groups excluding tert-OH is 1. The van der Waals surface area contributed by atoms with Crippen molar-refractivity contribution in [3.05, 3.63) is 23.7 Å². The first-order valence-corrected chi connectivity index (χ1v) is 4.93. The summed E-state index contributed by atoms with van der Waals surface area (Å²) < 4.78 is 5.40. The SMILES string of the molecule is [B]B([B])[C@H](O)c1ccc(CCCC)o1. The lowest BCUT2D eigenvalue weighted by Crippen LogP contribution is -2.24. The molecule has 0 bridgehead atoms. The Kier molecular flexibility index (Phi) is 4.40. The van der Waals surface area contributed by atoms with Crippen molar-refractivity contribution in [3.63, 3.8) is 0 Å². The highest BCUT2D eigenvalue weighted by molar-refractivity contribution is 7.29. The number of rotatable bonds is 5. The fourth-order valence-corrected chi connectivity index (χ4v) is 1.23. The fraction of sp³-hybridized carbons (Fsp3) is 0.556. The van der Waals surface area contributed by atoms with Crippen LogP contribution in [0.4, 0.5) is 0 Å². The van der Waals surface area contributed by atoms with E-state index in [1.54, 1.807) is 6.07 Å². The van der Waals surface area contributed by atoms with Gasteiger partial charge in [-0.3, -0.25) is 0 Å². The Balaban J connectivity index is 2.58. The minimum Gasteiger partial charge on any atom is -0.464 e. The third-order valence-corrected chi connectivity index (χ3v) is 2.12. The number of aryl methyl sites for hydroxylation is 1. The molecular weight excluding hydrogens is 173 g/mol. The van der Waals surface area contributed by atoms with Crippen LogP contribution >= 0.6 is 0 Å². The molecule has 0 aromatic carbocycles. The number of hydrogen-bond acceptors (Lipinski definition) is 2. The first kappa shape index (κ1) is 11.5. The number of hydrogen-bond donors (Lipinski definition) is 1. The van der Waals surface area contributed by atoms with Crippen molar-refractivity contribution in [2.75, 3.05) is 0 Å². The number of furan rings is 1. The summed E-state index contributed by atoms with van der Waals surface area (Å²) >= 11 is 0. The molecule has 1 heterocycles. The minimum atomic E-state index is -0.912. The number of unbranched alkanes of at least 4 members (excludes halogenated alkanes) is 1. The summed E-state index contributed by atoms with van der Waals surface area (Å²) in [6, 6.07) is 2.67. The number of aliphatic hydroxyl groups is 1. The largest absolute Gasteiger partial charge is 0.464 e. The molecule has 0 unspecified atom stereocenters. The molecule has 0 fully saturated rings. The molecule has 1 aromatic heterocycles. The van der Waals surface area contributed by atoms with E-state index in [1.807, 2.05) is 6.07 Å². The van der Waals surface area contributed by atoms with Crippen LogP contribution in [0.2, 0.25) is 0 Å². The van der Waals surface area contributed by atoms with Crippen molar-refractivity contribution in [1.29, 1.82) is 0 Å². The first-order valence-electron chi connectivity index (χ1n) is 4.93. The predicted molar refractivity (Wildman–Crippen MR) is 59.5 cm³/mol. The van der Waals surface area contributed by atoms with Crippen LogP contribution in [-0.4, -0.2) is 27.1 Å². The Morgan fingerprint density at radius 1 is 1.50 bits per heavy atom. The van der Waals surface area contributed by atoms with Crippen molar-refractivity contribution in [2.45, 2.75) is 32.2 Å². The van der Waals surface area contributed by atoms with Gasteiger partial charge in [0, 0.05) is 21.9 Å². The average Bonchev–Trinajstić information content (AvgIpc) is 2.61. The van der Waals surface area contributed by atoms with Gasteiger partial charge in [-0.15, -0.1) is 0 Å². The van der Waals surface area contributed by atoms with Gasteiger partial charge in [0.05, 0.1) is 12.5 Å². The second-order valence-corrected chi connectivity index (χ2v) is 3.43. The lowest BCUT2D eigenvalue weighted by Gasteiger charge is -2.09. The molecule has 5 heteroatoms. The van der Waals surface area contributed by atoms with Gasteiger partial charge in [0.1, 0.15) is 11.5 Å². The van der Waals surface area contributed by atoms with E-state index in [1.165, 1.54) is 0 Å². The maximum Gasteiger partial charge on any atom is 0.122 e. The van der Waals surface area contributed by atoms with E-state index in [0.717, 1.165) is 25.0 Å². The third kappa shape index (κ3) is 2.98. The van der Waals surface area contributed by atoms with E-state index in [0.29, 0.717) is 5.76 Å². The van der Waals surface area contributed by atoms with E-state index in [4.69, 9.17) is 19.9 Å². The van der Waals surface area contributed by atoms with E-state index < -0.39 is 12.5 Å². The van der Waals surface area contributed by atoms with Gasteiger partial charge in [0.15, 0.2) is 0 Å². The van der Waals surface area contributed by atoms with E-state index in [2.05, 4.69) is 6.92 Å².